The van der Waals surface area contributed by atoms with E-state index in [1.165, 1.54) is 6.42 Å². The zero-order valence-electron chi connectivity index (χ0n) is 11.8. The van der Waals surface area contributed by atoms with Gasteiger partial charge < -0.3 is 15.6 Å². The predicted octanol–water partition coefficient (Wildman–Crippen LogP) is 1.26. The van der Waals surface area contributed by atoms with Crippen LogP contribution in [0.2, 0.25) is 0 Å². The quantitative estimate of drug-likeness (QED) is 0.791. The van der Waals surface area contributed by atoms with Crippen molar-refractivity contribution in [3.63, 3.8) is 0 Å². The second-order valence-corrected chi connectivity index (χ2v) is 5.50. The second-order valence-electron chi connectivity index (χ2n) is 5.50. The molecule has 1 saturated heterocycles. The van der Waals surface area contributed by atoms with Gasteiger partial charge in [-0.05, 0) is 49.4 Å². The Morgan fingerprint density at radius 1 is 1.33 bits per heavy atom. The summed E-state index contributed by atoms with van der Waals surface area (Å²) >= 11 is 0. The van der Waals surface area contributed by atoms with Gasteiger partial charge in [0.25, 0.3) is 11.5 Å². The van der Waals surface area contributed by atoms with Crippen LogP contribution < -0.4 is 16.2 Å². The van der Waals surface area contributed by atoms with E-state index in [1.807, 2.05) is 18.2 Å². The molecular formula is C16H19N3O2. The Hall–Kier alpha value is -2.14. The van der Waals surface area contributed by atoms with Gasteiger partial charge in [-0.3, -0.25) is 9.59 Å². The van der Waals surface area contributed by atoms with Gasteiger partial charge in [0.2, 0.25) is 0 Å². The van der Waals surface area contributed by atoms with Crippen LogP contribution in [-0.2, 0) is 0 Å². The van der Waals surface area contributed by atoms with Crippen LogP contribution in [0.4, 0.5) is 0 Å². The molecule has 1 amide bonds. The first-order valence-electron chi connectivity index (χ1n) is 7.35. The van der Waals surface area contributed by atoms with Gasteiger partial charge in [-0.15, -0.1) is 0 Å². The highest BCUT2D eigenvalue weighted by atomic mass is 16.2. The molecule has 1 aromatic heterocycles. The van der Waals surface area contributed by atoms with Crippen LogP contribution in [0.1, 0.15) is 23.3 Å². The molecule has 3 rings (SSSR count). The number of pyridine rings is 1. The van der Waals surface area contributed by atoms with Gasteiger partial charge in [0, 0.05) is 11.9 Å². The molecule has 2 heterocycles. The van der Waals surface area contributed by atoms with Crippen LogP contribution >= 0.6 is 0 Å². The minimum atomic E-state index is -0.224. The van der Waals surface area contributed by atoms with Gasteiger partial charge in [-0.1, -0.05) is 18.2 Å². The number of carbonyl (C=O) groups is 1. The molecule has 0 aliphatic carbocycles. The highest BCUT2D eigenvalue weighted by Crippen LogP contribution is 2.12. The number of aromatic nitrogens is 1. The van der Waals surface area contributed by atoms with E-state index in [2.05, 4.69) is 15.6 Å². The number of fused-ring (bicyclic) bond motifs is 1. The fourth-order valence-corrected chi connectivity index (χ4v) is 2.78. The van der Waals surface area contributed by atoms with Crippen LogP contribution in [0.3, 0.4) is 0 Å². The lowest BCUT2D eigenvalue weighted by molar-refractivity contribution is 0.0946. The van der Waals surface area contributed by atoms with E-state index in [4.69, 9.17) is 0 Å². The molecule has 110 valence electrons. The van der Waals surface area contributed by atoms with Crippen LogP contribution in [0, 0.1) is 5.92 Å². The summed E-state index contributed by atoms with van der Waals surface area (Å²) in [4.78, 5) is 26.7. The number of hydrogen-bond acceptors (Lipinski definition) is 3. The molecule has 0 saturated carbocycles. The van der Waals surface area contributed by atoms with Crippen molar-refractivity contribution in [3.05, 3.63) is 46.4 Å². The monoisotopic (exact) mass is 285 g/mol. The lowest BCUT2D eigenvalue weighted by Gasteiger charge is -2.09. The van der Waals surface area contributed by atoms with Crippen molar-refractivity contribution >= 4 is 16.7 Å². The number of nitrogens with one attached hydrogen (secondary N) is 3. The number of hydrogen-bond donors (Lipinski definition) is 3. The molecule has 0 spiro atoms. The largest absolute Gasteiger partial charge is 0.351 e. The van der Waals surface area contributed by atoms with Crippen molar-refractivity contribution in [3.8, 4) is 0 Å². The van der Waals surface area contributed by atoms with E-state index in [9.17, 15) is 9.59 Å². The van der Waals surface area contributed by atoms with Crippen molar-refractivity contribution in [2.75, 3.05) is 19.6 Å². The Balaban J connectivity index is 1.68. The Morgan fingerprint density at radius 3 is 3.00 bits per heavy atom. The summed E-state index contributed by atoms with van der Waals surface area (Å²) in [5.41, 5.74) is 0.0986. The Morgan fingerprint density at radius 2 is 2.19 bits per heavy atom. The molecule has 0 radical (unpaired) electrons. The second kappa shape index (κ2) is 6.10. The highest BCUT2D eigenvalue weighted by Gasteiger charge is 2.15. The van der Waals surface area contributed by atoms with Crippen molar-refractivity contribution in [2.45, 2.75) is 12.8 Å². The third-order valence-corrected chi connectivity index (χ3v) is 4.00. The van der Waals surface area contributed by atoms with E-state index in [1.54, 1.807) is 12.1 Å². The lowest BCUT2D eigenvalue weighted by Crippen LogP contribution is -2.28. The molecule has 5 heteroatoms. The summed E-state index contributed by atoms with van der Waals surface area (Å²) in [6, 6.07) is 8.99. The van der Waals surface area contributed by atoms with E-state index in [-0.39, 0.29) is 11.5 Å². The van der Waals surface area contributed by atoms with Gasteiger partial charge in [-0.2, -0.15) is 0 Å². The van der Waals surface area contributed by atoms with E-state index >= 15 is 0 Å². The molecule has 1 fully saturated rings. The van der Waals surface area contributed by atoms with Gasteiger partial charge in [0.05, 0.1) is 0 Å². The SMILES string of the molecule is O=C(NCCC1CCNC1)c1cc2ccccc2c(=O)[nH]1. The first kappa shape index (κ1) is 13.8. The molecule has 1 atom stereocenters. The molecule has 5 nitrogen and oxygen atoms in total. The van der Waals surface area contributed by atoms with Crippen molar-refractivity contribution in [1.29, 1.82) is 0 Å². The van der Waals surface area contributed by atoms with Gasteiger partial charge >= 0.3 is 0 Å². The molecule has 0 bridgehead atoms. The van der Waals surface area contributed by atoms with Crippen molar-refractivity contribution in [1.82, 2.24) is 15.6 Å². The van der Waals surface area contributed by atoms with Crippen LogP contribution in [0.5, 0.6) is 0 Å². The van der Waals surface area contributed by atoms with E-state index < -0.39 is 0 Å². The van der Waals surface area contributed by atoms with E-state index in [0.29, 0.717) is 23.5 Å². The topological polar surface area (TPSA) is 74.0 Å². The normalized spacial score (nSPS) is 18.0. The molecule has 1 aromatic carbocycles. The number of amides is 1. The van der Waals surface area contributed by atoms with Crippen LogP contribution in [0.25, 0.3) is 10.8 Å². The van der Waals surface area contributed by atoms with Crippen molar-refractivity contribution < 1.29 is 4.79 Å². The molecule has 1 aliphatic rings. The zero-order valence-corrected chi connectivity index (χ0v) is 11.8. The summed E-state index contributed by atoms with van der Waals surface area (Å²) in [5.74, 6) is 0.421. The standard InChI is InChI=1S/C16H19N3O2/c20-15-13-4-2-1-3-12(13)9-14(19-15)16(21)18-8-6-11-5-7-17-10-11/h1-4,9,11,17H,5-8,10H2,(H,18,21)(H,19,20). The highest BCUT2D eigenvalue weighted by molar-refractivity contribution is 5.96. The predicted molar refractivity (Wildman–Crippen MR) is 82.5 cm³/mol. The molecular weight excluding hydrogens is 266 g/mol. The maximum Gasteiger partial charge on any atom is 0.267 e. The zero-order chi connectivity index (χ0) is 14.7. The average Bonchev–Trinajstić information content (AvgIpc) is 3.00. The van der Waals surface area contributed by atoms with Gasteiger partial charge in [0.15, 0.2) is 0 Å². The molecule has 3 N–H and O–H groups in total. The maximum atomic E-state index is 12.1. The Labute approximate surface area is 122 Å². The molecule has 1 aliphatic heterocycles. The number of aromatic amines is 1. The summed E-state index contributed by atoms with van der Waals surface area (Å²) in [6.07, 6.45) is 2.14. The molecule has 21 heavy (non-hydrogen) atoms. The van der Waals surface area contributed by atoms with E-state index in [0.717, 1.165) is 24.9 Å². The average molecular weight is 285 g/mol. The van der Waals surface area contributed by atoms with Crippen molar-refractivity contribution in [2.24, 2.45) is 5.92 Å². The summed E-state index contributed by atoms with van der Waals surface area (Å²) in [6.45, 7) is 2.74. The first-order valence-corrected chi connectivity index (χ1v) is 7.35. The minimum Gasteiger partial charge on any atom is -0.351 e. The fourth-order valence-electron chi connectivity index (χ4n) is 2.78. The smallest absolute Gasteiger partial charge is 0.267 e. The summed E-state index contributed by atoms with van der Waals surface area (Å²) in [7, 11) is 0. The maximum absolute atomic E-state index is 12.1. The number of benzene rings is 1. The number of H-pyrrole nitrogens is 1. The summed E-state index contributed by atoms with van der Waals surface area (Å²) in [5, 5.41) is 7.58. The van der Waals surface area contributed by atoms with Crippen LogP contribution in [0.15, 0.2) is 35.1 Å². The third-order valence-electron chi connectivity index (χ3n) is 4.00. The molecule has 1 unspecified atom stereocenters. The Bertz CT molecular complexity index is 702. The number of carbonyl (C=O) groups excluding carboxylic acids is 1. The first-order chi connectivity index (χ1) is 10.2. The van der Waals surface area contributed by atoms with Gasteiger partial charge in [0.1, 0.15) is 5.69 Å². The molecule has 2 aromatic rings. The third kappa shape index (κ3) is 3.13. The minimum absolute atomic E-state index is 0.219. The fraction of sp³-hybridized carbons (Fsp3) is 0.375. The summed E-state index contributed by atoms with van der Waals surface area (Å²) < 4.78 is 0. The number of rotatable bonds is 4. The Kier molecular flexibility index (Phi) is 4.01. The van der Waals surface area contributed by atoms with Crippen LogP contribution in [-0.4, -0.2) is 30.5 Å². The van der Waals surface area contributed by atoms with Gasteiger partial charge in [-0.25, -0.2) is 0 Å². The lowest BCUT2D eigenvalue weighted by atomic mass is 10.1.